The van der Waals surface area contributed by atoms with E-state index in [2.05, 4.69) is 15.4 Å². The van der Waals surface area contributed by atoms with Crippen molar-refractivity contribution in [3.63, 3.8) is 0 Å². The first-order valence-corrected chi connectivity index (χ1v) is 7.86. The summed E-state index contributed by atoms with van der Waals surface area (Å²) >= 11 is 0. The summed E-state index contributed by atoms with van der Waals surface area (Å²) in [5.41, 5.74) is 0.312. The Hall–Kier alpha value is -2.15. The van der Waals surface area contributed by atoms with Crippen LogP contribution in [0.4, 0.5) is 10.1 Å². The summed E-state index contributed by atoms with van der Waals surface area (Å²) in [4.78, 5) is 3.88. The Morgan fingerprint density at radius 2 is 2.35 bits per heavy atom. The van der Waals surface area contributed by atoms with Gasteiger partial charge < -0.3 is 15.2 Å². The summed E-state index contributed by atoms with van der Waals surface area (Å²) in [6.45, 7) is 3.07. The largest absolute Gasteiger partial charge is 0.478 e. The number of aliphatic hydroxyl groups excluding tert-OH is 1. The fourth-order valence-electron chi connectivity index (χ4n) is 3.05. The molecule has 1 aliphatic carbocycles. The van der Waals surface area contributed by atoms with Gasteiger partial charge in [0.1, 0.15) is 0 Å². The minimum absolute atomic E-state index is 0.193. The minimum Gasteiger partial charge on any atom is -0.478 e. The lowest BCUT2D eigenvalue weighted by atomic mass is 10.1. The molecule has 2 heterocycles. The van der Waals surface area contributed by atoms with E-state index in [9.17, 15) is 9.50 Å². The van der Waals surface area contributed by atoms with Crippen LogP contribution in [-0.2, 0) is 6.54 Å². The molecule has 1 saturated carbocycles. The Morgan fingerprint density at radius 1 is 1.48 bits per heavy atom. The highest BCUT2D eigenvalue weighted by atomic mass is 19.1. The molecule has 0 aliphatic heterocycles. The summed E-state index contributed by atoms with van der Waals surface area (Å²) in [7, 11) is 0. The second kappa shape index (κ2) is 6.95. The van der Waals surface area contributed by atoms with Crippen LogP contribution in [0.3, 0.4) is 0 Å². The van der Waals surface area contributed by atoms with E-state index < -0.39 is 11.9 Å². The maximum atomic E-state index is 13.9. The van der Waals surface area contributed by atoms with Gasteiger partial charge in [0.15, 0.2) is 5.82 Å². The smallest absolute Gasteiger partial charge is 0.215 e. The second-order valence-electron chi connectivity index (χ2n) is 5.82. The zero-order valence-electron chi connectivity index (χ0n) is 13.0. The third kappa shape index (κ3) is 3.79. The molecule has 23 heavy (non-hydrogen) atoms. The van der Waals surface area contributed by atoms with Crippen LogP contribution in [0.15, 0.2) is 30.7 Å². The molecule has 0 aromatic carbocycles. The fourth-order valence-corrected chi connectivity index (χ4v) is 3.05. The van der Waals surface area contributed by atoms with E-state index in [4.69, 9.17) is 4.74 Å². The molecule has 0 saturated heterocycles. The lowest BCUT2D eigenvalue weighted by Crippen LogP contribution is -2.28. The topological polar surface area (TPSA) is 72.2 Å². The van der Waals surface area contributed by atoms with Gasteiger partial charge in [0.2, 0.25) is 5.88 Å². The lowest BCUT2D eigenvalue weighted by Gasteiger charge is -2.18. The predicted octanol–water partition coefficient (Wildman–Crippen LogP) is 2.07. The molecule has 0 bridgehead atoms. The number of halogens is 1. The number of ether oxygens (including phenoxy) is 1. The maximum absolute atomic E-state index is 13.9. The minimum atomic E-state index is -0.515. The van der Waals surface area contributed by atoms with Crippen molar-refractivity contribution in [2.24, 2.45) is 5.92 Å². The van der Waals surface area contributed by atoms with Gasteiger partial charge in [0, 0.05) is 25.0 Å². The van der Waals surface area contributed by atoms with Crippen LogP contribution < -0.4 is 10.1 Å². The Kier molecular flexibility index (Phi) is 4.76. The van der Waals surface area contributed by atoms with Gasteiger partial charge in [-0.05, 0) is 31.7 Å². The van der Waals surface area contributed by atoms with Crippen molar-refractivity contribution in [2.45, 2.75) is 38.5 Å². The molecule has 2 N–H and O–H groups in total. The van der Waals surface area contributed by atoms with Crippen LogP contribution in [0.2, 0.25) is 0 Å². The Labute approximate surface area is 134 Å². The molecular weight excluding hydrogens is 299 g/mol. The van der Waals surface area contributed by atoms with E-state index in [1.54, 1.807) is 6.20 Å². The molecule has 124 valence electrons. The normalized spacial score (nSPS) is 23.9. The van der Waals surface area contributed by atoms with E-state index in [-0.39, 0.29) is 6.04 Å². The van der Waals surface area contributed by atoms with Gasteiger partial charge in [0.05, 0.1) is 30.6 Å². The summed E-state index contributed by atoms with van der Waals surface area (Å²) < 4.78 is 21.1. The van der Waals surface area contributed by atoms with Gasteiger partial charge in [-0.1, -0.05) is 0 Å². The van der Waals surface area contributed by atoms with E-state index in [1.807, 2.05) is 23.9 Å². The van der Waals surface area contributed by atoms with Gasteiger partial charge in [-0.3, -0.25) is 4.68 Å². The first-order chi connectivity index (χ1) is 11.2. The lowest BCUT2D eigenvalue weighted by molar-refractivity contribution is 0.166. The maximum Gasteiger partial charge on any atom is 0.215 e. The molecule has 3 rings (SSSR count). The summed E-state index contributed by atoms with van der Waals surface area (Å²) in [6.07, 6.45) is 5.69. The van der Waals surface area contributed by atoms with Crippen molar-refractivity contribution in [1.29, 1.82) is 0 Å². The number of nitrogens with zero attached hydrogens (tertiary/aromatic N) is 3. The molecule has 0 spiro atoms. The number of aliphatic hydroxyl groups is 1. The highest BCUT2D eigenvalue weighted by Crippen LogP contribution is 2.31. The number of hydrogen-bond donors (Lipinski definition) is 2. The third-order valence-corrected chi connectivity index (χ3v) is 4.09. The molecule has 6 nitrogen and oxygen atoms in total. The Balaban J connectivity index is 1.64. The van der Waals surface area contributed by atoms with Crippen molar-refractivity contribution in [3.05, 3.63) is 36.5 Å². The predicted molar refractivity (Wildman–Crippen MR) is 83.7 cm³/mol. The molecule has 1 aliphatic rings. The van der Waals surface area contributed by atoms with Crippen LogP contribution >= 0.6 is 0 Å². The van der Waals surface area contributed by atoms with Gasteiger partial charge in [-0.2, -0.15) is 5.10 Å². The molecule has 2 aromatic heterocycles. The van der Waals surface area contributed by atoms with E-state index >= 15 is 0 Å². The van der Waals surface area contributed by atoms with Crippen LogP contribution in [-0.4, -0.2) is 38.6 Å². The van der Waals surface area contributed by atoms with Crippen LogP contribution in [0, 0.1) is 11.7 Å². The average molecular weight is 320 g/mol. The number of aromatic nitrogens is 3. The number of nitrogens with one attached hydrogen (secondary N) is 1. The van der Waals surface area contributed by atoms with Gasteiger partial charge in [-0.15, -0.1) is 0 Å². The first-order valence-electron chi connectivity index (χ1n) is 7.86. The zero-order chi connectivity index (χ0) is 16.2. The van der Waals surface area contributed by atoms with Crippen LogP contribution in [0.25, 0.3) is 0 Å². The van der Waals surface area contributed by atoms with Crippen molar-refractivity contribution < 1.29 is 14.2 Å². The highest BCUT2D eigenvalue weighted by molar-refractivity contribution is 5.47. The van der Waals surface area contributed by atoms with Crippen LogP contribution in [0.5, 0.6) is 5.88 Å². The fraction of sp³-hybridized carbons (Fsp3) is 0.500. The third-order valence-electron chi connectivity index (χ3n) is 4.09. The Bertz CT molecular complexity index is 635. The SMILES string of the molecule is CCOc1cc(N[C@@H]2CC(Cn3cccn3)C[C@H]2O)c(F)cn1. The highest BCUT2D eigenvalue weighted by Gasteiger charge is 2.33. The van der Waals surface area contributed by atoms with Crippen molar-refractivity contribution in [2.75, 3.05) is 11.9 Å². The van der Waals surface area contributed by atoms with Gasteiger partial charge in [0.25, 0.3) is 0 Å². The zero-order valence-corrected chi connectivity index (χ0v) is 13.0. The Morgan fingerprint density at radius 3 is 3.09 bits per heavy atom. The molecule has 7 heteroatoms. The molecule has 1 fully saturated rings. The van der Waals surface area contributed by atoms with E-state index in [1.165, 1.54) is 6.07 Å². The monoisotopic (exact) mass is 320 g/mol. The molecular formula is C16H21FN4O2. The number of anilines is 1. The molecule has 3 atom stereocenters. The van der Waals surface area contributed by atoms with Crippen molar-refractivity contribution in [1.82, 2.24) is 14.8 Å². The van der Waals surface area contributed by atoms with Crippen molar-refractivity contribution >= 4 is 5.69 Å². The number of hydrogen-bond acceptors (Lipinski definition) is 5. The van der Waals surface area contributed by atoms with Gasteiger partial charge in [-0.25, -0.2) is 9.37 Å². The van der Waals surface area contributed by atoms with E-state index in [0.29, 0.717) is 30.5 Å². The van der Waals surface area contributed by atoms with Gasteiger partial charge >= 0.3 is 0 Å². The average Bonchev–Trinajstić information content (AvgIpc) is 3.14. The standard InChI is InChI=1S/C16H21FN4O2/c1-2-23-16-8-13(12(17)9-18-16)20-14-6-11(7-15(14)22)10-21-5-3-4-19-21/h3-5,8-9,11,14-15,22H,2,6-7,10H2,1H3,(H,18,20)/t11?,14-,15-/m1/s1. The first kappa shape index (κ1) is 15.7. The quantitative estimate of drug-likeness (QED) is 0.852. The summed E-state index contributed by atoms with van der Waals surface area (Å²) in [5, 5.41) is 17.5. The summed E-state index contributed by atoms with van der Waals surface area (Å²) in [5.74, 6) is 0.229. The van der Waals surface area contributed by atoms with Crippen LogP contribution in [0.1, 0.15) is 19.8 Å². The molecule has 0 amide bonds. The molecule has 2 aromatic rings. The van der Waals surface area contributed by atoms with Crippen molar-refractivity contribution in [3.8, 4) is 5.88 Å². The van der Waals surface area contributed by atoms with E-state index in [0.717, 1.165) is 19.2 Å². The molecule has 1 unspecified atom stereocenters. The summed E-state index contributed by atoms with van der Waals surface area (Å²) in [6, 6.07) is 3.22. The molecule has 0 radical (unpaired) electrons. The number of rotatable bonds is 6. The number of pyridine rings is 1. The second-order valence-corrected chi connectivity index (χ2v) is 5.82.